The molecule has 5 nitrogen and oxygen atoms in total. The lowest BCUT2D eigenvalue weighted by Gasteiger charge is -2.24. The summed E-state index contributed by atoms with van der Waals surface area (Å²) in [7, 11) is 1.71. The van der Waals surface area contributed by atoms with E-state index in [2.05, 4.69) is 27.5 Å². The van der Waals surface area contributed by atoms with Crippen molar-refractivity contribution in [2.45, 2.75) is 39.8 Å². The minimum Gasteiger partial charge on any atom is -0.377 e. The number of hydrogen-bond donors (Lipinski definition) is 2. The van der Waals surface area contributed by atoms with Crippen LogP contribution in [0.3, 0.4) is 0 Å². The Morgan fingerprint density at radius 2 is 2.15 bits per heavy atom. The van der Waals surface area contributed by atoms with Gasteiger partial charge in [0.05, 0.1) is 17.2 Å². The molecule has 2 N–H and O–H groups in total. The van der Waals surface area contributed by atoms with Crippen molar-refractivity contribution in [3.05, 3.63) is 16.1 Å². The van der Waals surface area contributed by atoms with Crippen molar-refractivity contribution in [1.82, 2.24) is 15.6 Å². The number of nitrogens with zero attached hydrogens (tertiary/aromatic N) is 2. The fourth-order valence-electron chi connectivity index (χ4n) is 1.35. The molecule has 0 unspecified atom stereocenters. The lowest BCUT2D eigenvalue weighted by Crippen LogP contribution is -2.45. The SMILES string of the molecule is CCNC(=NCc1cnc(C)s1)NCC(C)(C)OC.I. The van der Waals surface area contributed by atoms with Crippen LogP contribution in [-0.4, -0.2) is 36.7 Å². The van der Waals surface area contributed by atoms with E-state index in [-0.39, 0.29) is 29.6 Å². The Morgan fingerprint density at radius 3 is 2.65 bits per heavy atom. The normalized spacial score (nSPS) is 11.9. The number of aryl methyl sites for hydroxylation is 1. The van der Waals surface area contributed by atoms with E-state index >= 15 is 0 Å². The Balaban J connectivity index is 0.00000361. The summed E-state index contributed by atoms with van der Waals surface area (Å²) in [6.07, 6.45) is 1.88. The average Bonchev–Trinajstić information content (AvgIpc) is 2.79. The molecule has 0 spiro atoms. The Kier molecular flexibility index (Phi) is 9.32. The summed E-state index contributed by atoms with van der Waals surface area (Å²) in [4.78, 5) is 9.94. The van der Waals surface area contributed by atoms with Crippen LogP contribution < -0.4 is 10.6 Å². The molecule has 0 saturated carbocycles. The third-order valence-corrected chi connectivity index (χ3v) is 3.54. The van der Waals surface area contributed by atoms with Gasteiger partial charge in [-0.2, -0.15) is 0 Å². The third-order valence-electron chi connectivity index (χ3n) is 2.64. The summed E-state index contributed by atoms with van der Waals surface area (Å²) >= 11 is 1.68. The Hall–Kier alpha value is -0.410. The summed E-state index contributed by atoms with van der Waals surface area (Å²) in [5, 5.41) is 7.58. The maximum atomic E-state index is 5.38. The first-order valence-corrected chi connectivity index (χ1v) is 7.27. The van der Waals surface area contributed by atoms with Gasteiger partial charge in [-0.05, 0) is 27.7 Å². The number of hydrogen-bond acceptors (Lipinski definition) is 4. The summed E-state index contributed by atoms with van der Waals surface area (Å²) in [6.45, 7) is 10.3. The zero-order valence-electron chi connectivity index (χ0n) is 12.8. The molecule has 1 aromatic rings. The van der Waals surface area contributed by atoms with E-state index in [1.54, 1.807) is 18.4 Å². The molecule has 0 fully saturated rings. The molecule has 20 heavy (non-hydrogen) atoms. The number of guanidine groups is 1. The molecule has 1 rings (SSSR count). The second-order valence-corrected chi connectivity index (χ2v) is 6.18. The van der Waals surface area contributed by atoms with Crippen molar-refractivity contribution < 1.29 is 4.74 Å². The van der Waals surface area contributed by atoms with Crippen LogP contribution in [0.15, 0.2) is 11.2 Å². The van der Waals surface area contributed by atoms with Crippen molar-refractivity contribution in [2.75, 3.05) is 20.2 Å². The first-order valence-electron chi connectivity index (χ1n) is 6.45. The number of aliphatic imine (C=N–C) groups is 1. The number of methoxy groups -OCH3 is 1. The summed E-state index contributed by atoms with van der Waals surface area (Å²) in [5.41, 5.74) is -0.211. The molecule has 7 heteroatoms. The Labute approximate surface area is 142 Å². The average molecular weight is 412 g/mol. The molecule has 0 saturated heterocycles. The molecule has 0 amide bonds. The number of aromatic nitrogens is 1. The largest absolute Gasteiger partial charge is 0.377 e. The minimum atomic E-state index is -0.211. The molecule has 1 aromatic heterocycles. The molecule has 0 aliphatic heterocycles. The second kappa shape index (κ2) is 9.51. The number of nitrogens with one attached hydrogen (secondary N) is 2. The summed E-state index contributed by atoms with van der Waals surface area (Å²) in [5.74, 6) is 0.804. The van der Waals surface area contributed by atoms with Crippen molar-refractivity contribution in [3.8, 4) is 0 Å². The van der Waals surface area contributed by atoms with E-state index in [0.717, 1.165) is 17.5 Å². The van der Waals surface area contributed by atoms with Crippen LogP contribution in [0.5, 0.6) is 0 Å². The van der Waals surface area contributed by atoms with Crippen molar-refractivity contribution >= 4 is 41.3 Å². The van der Waals surface area contributed by atoms with E-state index in [1.807, 2.05) is 27.0 Å². The van der Waals surface area contributed by atoms with Gasteiger partial charge >= 0.3 is 0 Å². The molecule has 116 valence electrons. The molecule has 0 aliphatic carbocycles. The highest BCUT2D eigenvalue weighted by Gasteiger charge is 2.16. The van der Waals surface area contributed by atoms with Gasteiger partial charge in [0.15, 0.2) is 5.96 Å². The molecule has 0 atom stereocenters. The molecular weight excluding hydrogens is 387 g/mol. The lowest BCUT2D eigenvalue weighted by molar-refractivity contribution is 0.0268. The second-order valence-electron chi connectivity index (χ2n) is 4.86. The van der Waals surface area contributed by atoms with Gasteiger partial charge in [-0.25, -0.2) is 9.98 Å². The van der Waals surface area contributed by atoms with E-state index in [1.165, 1.54) is 4.88 Å². The topological polar surface area (TPSA) is 58.5 Å². The van der Waals surface area contributed by atoms with Gasteiger partial charge in [0.1, 0.15) is 0 Å². The maximum absolute atomic E-state index is 5.38. The lowest BCUT2D eigenvalue weighted by atomic mass is 10.1. The van der Waals surface area contributed by atoms with Crippen molar-refractivity contribution in [2.24, 2.45) is 4.99 Å². The predicted octanol–water partition coefficient (Wildman–Crippen LogP) is 2.55. The van der Waals surface area contributed by atoms with Gasteiger partial charge in [0.2, 0.25) is 0 Å². The van der Waals surface area contributed by atoms with Crippen LogP contribution in [-0.2, 0) is 11.3 Å². The standard InChI is InChI=1S/C13H24N4OS.HI/c1-6-14-12(17-9-13(3,4)18-5)16-8-11-7-15-10(2)19-11;/h7H,6,8-9H2,1-5H3,(H2,14,16,17);1H. The summed E-state index contributed by atoms with van der Waals surface area (Å²) in [6, 6.07) is 0. The highest BCUT2D eigenvalue weighted by molar-refractivity contribution is 14.0. The number of halogens is 1. The fourth-order valence-corrected chi connectivity index (χ4v) is 2.07. The Morgan fingerprint density at radius 1 is 1.45 bits per heavy atom. The predicted molar refractivity (Wildman–Crippen MR) is 96.2 cm³/mol. The highest BCUT2D eigenvalue weighted by atomic mass is 127. The first kappa shape index (κ1) is 19.6. The molecule has 0 aromatic carbocycles. The van der Waals surface area contributed by atoms with Crippen LogP contribution in [0.1, 0.15) is 30.7 Å². The summed E-state index contributed by atoms with van der Waals surface area (Å²) < 4.78 is 5.38. The van der Waals surface area contributed by atoms with Crippen LogP contribution >= 0.6 is 35.3 Å². The minimum absolute atomic E-state index is 0. The van der Waals surface area contributed by atoms with Crippen molar-refractivity contribution in [1.29, 1.82) is 0 Å². The van der Waals surface area contributed by atoms with Gasteiger partial charge in [0, 0.05) is 31.3 Å². The van der Waals surface area contributed by atoms with E-state index in [4.69, 9.17) is 4.74 Å². The first-order chi connectivity index (χ1) is 8.96. The number of rotatable bonds is 6. The van der Waals surface area contributed by atoms with Crippen LogP contribution in [0.4, 0.5) is 0 Å². The highest BCUT2D eigenvalue weighted by Crippen LogP contribution is 2.12. The van der Waals surface area contributed by atoms with Gasteiger partial charge in [0.25, 0.3) is 0 Å². The Bertz CT molecular complexity index is 420. The van der Waals surface area contributed by atoms with Crippen LogP contribution in [0.25, 0.3) is 0 Å². The molecule has 1 heterocycles. The van der Waals surface area contributed by atoms with Crippen LogP contribution in [0.2, 0.25) is 0 Å². The zero-order valence-corrected chi connectivity index (χ0v) is 16.0. The van der Waals surface area contributed by atoms with Gasteiger partial charge in [-0.1, -0.05) is 0 Å². The van der Waals surface area contributed by atoms with E-state index < -0.39 is 0 Å². The molecule has 0 aliphatic rings. The van der Waals surface area contributed by atoms with Crippen molar-refractivity contribution in [3.63, 3.8) is 0 Å². The van der Waals surface area contributed by atoms with Gasteiger partial charge in [-0.15, -0.1) is 35.3 Å². The monoisotopic (exact) mass is 412 g/mol. The fraction of sp³-hybridized carbons (Fsp3) is 0.692. The smallest absolute Gasteiger partial charge is 0.191 e. The molecule has 0 bridgehead atoms. The van der Waals surface area contributed by atoms with E-state index in [9.17, 15) is 0 Å². The third kappa shape index (κ3) is 7.39. The zero-order chi connectivity index (χ0) is 14.3. The van der Waals surface area contributed by atoms with Gasteiger partial charge in [-0.3, -0.25) is 0 Å². The number of thiazole rings is 1. The van der Waals surface area contributed by atoms with Crippen LogP contribution in [0, 0.1) is 6.92 Å². The molecule has 0 radical (unpaired) electrons. The van der Waals surface area contributed by atoms with Gasteiger partial charge < -0.3 is 15.4 Å². The van der Waals surface area contributed by atoms with E-state index in [0.29, 0.717) is 13.1 Å². The number of ether oxygens (including phenoxy) is 1. The molecular formula is C13H25IN4OS. The quantitative estimate of drug-likeness (QED) is 0.429. The maximum Gasteiger partial charge on any atom is 0.191 e.